The van der Waals surface area contributed by atoms with Gasteiger partial charge in [0.25, 0.3) is 0 Å². The molecule has 0 saturated heterocycles. The van der Waals surface area contributed by atoms with Crippen molar-refractivity contribution >= 4 is 17.4 Å². The van der Waals surface area contributed by atoms with E-state index in [2.05, 4.69) is 6.07 Å². The van der Waals surface area contributed by atoms with Gasteiger partial charge in [-0.3, -0.25) is 0 Å². The molecule has 2 nitrogen and oxygen atoms in total. The van der Waals surface area contributed by atoms with Crippen LogP contribution >= 0.6 is 11.8 Å². The summed E-state index contributed by atoms with van der Waals surface area (Å²) in [6.07, 6.45) is 0. The summed E-state index contributed by atoms with van der Waals surface area (Å²) in [5.41, 5.74) is 9.88. The molecule has 0 fully saturated rings. The number of thioether (sulfide) groups is 1. The first-order valence-electron chi connectivity index (χ1n) is 5.67. The molecule has 0 saturated carbocycles. The van der Waals surface area contributed by atoms with Gasteiger partial charge >= 0.3 is 0 Å². The lowest BCUT2D eigenvalue weighted by atomic mass is 10.2. The predicted octanol–water partition coefficient (Wildman–Crippen LogP) is 3.74. The van der Waals surface area contributed by atoms with Crippen molar-refractivity contribution in [2.75, 3.05) is 5.73 Å². The third-order valence-electron chi connectivity index (χ3n) is 2.76. The van der Waals surface area contributed by atoms with Gasteiger partial charge in [-0.2, -0.15) is 5.26 Å². The van der Waals surface area contributed by atoms with E-state index in [1.807, 2.05) is 49.4 Å². The van der Waals surface area contributed by atoms with Crippen LogP contribution in [0.5, 0.6) is 0 Å². The maximum atomic E-state index is 8.73. The molecule has 0 radical (unpaired) electrons. The molecule has 0 aliphatic heterocycles. The molecule has 0 aliphatic rings. The minimum absolute atomic E-state index is 0.693. The molecular formula is C15H14N2S. The molecule has 0 heterocycles. The Balaban J connectivity index is 2.07. The van der Waals surface area contributed by atoms with Crippen LogP contribution in [0.25, 0.3) is 0 Å². The molecule has 2 N–H and O–H groups in total. The minimum Gasteiger partial charge on any atom is -0.398 e. The average Bonchev–Trinajstić information content (AvgIpc) is 2.41. The molecule has 90 valence electrons. The van der Waals surface area contributed by atoms with Crippen LogP contribution in [0.4, 0.5) is 5.69 Å². The molecule has 2 aromatic carbocycles. The Labute approximate surface area is 111 Å². The fourth-order valence-electron chi connectivity index (χ4n) is 1.62. The first-order valence-corrected chi connectivity index (χ1v) is 6.66. The van der Waals surface area contributed by atoms with Gasteiger partial charge in [0.1, 0.15) is 0 Å². The smallest absolute Gasteiger partial charge is 0.0991 e. The molecule has 0 aliphatic carbocycles. The summed E-state index contributed by atoms with van der Waals surface area (Å²) in [5, 5.41) is 8.73. The molecule has 2 rings (SSSR count). The second-order valence-electron chi connectivity index (χ2n) is 4.08. The molecule has 2 aromatic rings. The number of benzene rings is 2. The van der Waals surface area contributed by atoms with E-state index in [-0.39, 0.29) is 0 Å². The number of aryl methyl sites for hydroxylation is 1. The monoisotopic (exact) mass is 254 g/mol. The molecular weight excluding hydrogens is 240 g/mol. The highest BCUT2D eigenvalue weighted by Crippen LogP contribution is 2.29. The summed E-state index contributed by atoms with van der Waals surface area (Å²) in [5.74, 6) is 0.860. The highest BCUT2D eigenvalue weighted by atomic mass is 32.2. The largest absolute Gasteiger partial charge is 0.398 e. The number of hydrogen-bond acceptors (Lipinski definition) is 3. The Hall–Kier alpha value is -1.92. The Morgan fingerprint density at radius 3 is 2.56 bits per heavy atom. The van der Waals surface area contributed by atoms with Gasteiger partial charge in [0.05, 0.1) is 11.6 Å². The third-order valence-corrected chi connectivity index (χ3v) is 3.91. The Morgan fingerprint density at radius 2 is 1.89 bits per heavy atom. The zero-order chi connectivity index (χ0) is 13.0. The van der Waals surface area contributed by atoms with Crippen LogP contribution in [0.3, 0.4) is 0 Å². The van der Waals surface area contributed by atoms with Crippen LogP contribution in [0.1, 0.15) is 16.7 Å². The van der Waals surface area contributed by atoms with Gasteiger partial charge in [-0.05, 0) is 36.2 Å². The van der Waals surface area contributed by atoms with Gasteiger partial charge in [-0.25, -0.2) is 0 Å². The molecule has 0 bridgehead atoms. The zero-order valence-electron chi connectivity index (χ0n) is 10.2. The van der Waals surface area contributed by atoms with Crippen molar-refractivity contribution in [2.24, 2.45) is 0 Å². The molecule has 0 aromatic heterocycles. The highest BCUT2D eigenvalue weighted by molar-refractivity contribution is 7.98. The van der Waals surface area contributed by atoms with Crippen molar-refractivity contribution in [3.8, 4) is 6.07 Å². The van der Waals surface area contributed by atoms with Crippen molar-refractivity contribution < 1.29 is 0 Å². The van der Waals surface area contributed by atoms with E-state index in [4.69, 9.17) is 11.0 Å². The molecule has 0 atom stereocenters. The number of rotatable bonds is 3. The van der Waals surface area contributed by atoms with Crippen LogP contribution in [0.15, 0.2) is 47.4 Å². The number of nitrogen functional groups attached to an aromatic ring is 1. The standard InChI is InChI=1S/C15H14N2S/c1-11-3-2-4-14(15(11)17)18-10-13-7-5-12(9-16)6-8-13/h2-8H,10,17H2,1H3. The van der Waals surface area contributed by atoms with Gasteiger partial charge in [-0.15, -0.1) is 11.8 Å². The first kappa shape index (κ1) is 12.5. The van der Waals surface area contributed by atoms with Gasteiger partial charge in [0, 0.05) is 16.3 Å². The zero-order valence-corrected chi connectivity index (χ0v) is 11.0. The van der Waals surface area contributed by atoms with Gasteiger partial charge in [-0.1, -0.05) is 24.3 Å². The van der Waals surface area contributed by atoms with Crippen molar-refractivity contribution in [1.29, 1.82) is 5.26 Å². The van der Waals surface area contributed by atoms with E-state index in [0.29, 0.717) is 5.56 Å². The summed E-state index contributed by atoms with van der Waals surface area (Å²) in [6, 6.07) is 15.8. The molecule has 0 amide bonds. The number of para-hydroxylation sites is 1. The third kappa shape index (κ3) is 2.85. The number of nitrogens with zero attached hydrogens (tertiary/aromatic N) is 1. The quantitative estimate of drug-likeness (QED) is 0.670. The Bertz CT molecular complexity index is 582. The normalized spacial score (nSPS) is 10.0. The predicted molar refractivity (Wildman–Crippen MR) is 76.3 cm³/mol. The topological polar surface area (TPSA) is 49.8 Å². The highest BCUT2D eigenvalue weighted by Gasteiger charge is 2.02. The van der Waals surface area contributed by atoms with Crippen LogP contribution in [-0.2, 0) is 5.75 Å². The van der Waals surface area contributed by atoms with E-state index < -0.39 is 0 Å². The van der Waals surface area contributed by atoms with Crippen LogP contribution in [0, 0.1) is 18.3 Å². The maximum Gasteiger partial charge on any atom is 0.0991 e. The Morgan fingerprint density at radius 1 is 1.17 bits per heavy atom. The summed E-state index contributed by atoms with van der Waals surface area (Å²) >= 11 is 1.72. The molecule has 18 heavy (non-hydrogen) atoms. The Kier molecular flexibility index (Phi) is 3.91. The fraction of sp³-hybridized carbons (Fsp3) is 0.133. The number of nitriles is 1. The van der Waals surface area contributed by atoms with Gasteiger partial charge < -0.3 is 5.73 Å². The lowest BCUT2D eigenvalue weighted by Gasteiger charge is -2.07. The van der Waals surface area contributed by atoms with E-state index in [9.17, 15) is 0 Å². The van der Waals surface area contributed by atoms with Crippen LogP contribution in [-0.4, -0.2) is 0 Å². The van der Waals surface area contributed by atoms with E-state index in [1.165, 1.54) is 5.56 Å². The summed E-state index contributed by atoms with van der Waals surface area (Å²) in [6.45, 7) is 2.01. The van der Waals surface area contributed by atoms with Crippen molar-refractivity contribution in [2.45, 2.75) is 17.6 Å². The maximum absolute atomic E-state index is 8.73. The van der Waals surface area contributed by atoms with Crippen molar-refractivity contribution in [3.63, 3.8) is 0 Å². The number of nitrogens with two attached hydrogens (primary N) is 1. The SMILES string of the molecule is Cc1cccc(SCc2ccc(C#N)cc2)c1N. The van der Waals surface area contributed by atoms with E-state index in [1.54, 1.807) is 11.8 Å². The molecule has 0 spiro atoms. The molecule has 3 heteroatoms. The summed E-state index contributed by atoms with van der Waals surface area (Å²) in [7, 11) is 0. The van der Waals surface area contributed by atoms with Gasteiger partial charge in [0.2, 0.25) is 0 Å². The van der Waals surface area contributed by atoms with Crippen molar-refractivity contribution in [3.05, 3.63) is 59.2 Å². The summed E-state index contributed by atoms with van der Waals surface area (Å²) in [4.78, 5) is 1.11. The summed E-state index contributed by atoms with van der Waals surface area (Å²) < 4.78 is 0. The second-order valence-corrected chi connectivity index (χ2v) is 5.10. The second kappa shape index (κ2) is 5.61. The lowest BCUT2D eigenvalue weighted by Crippen LogP contribution is -1.92. The lowest BCUT2D eigenvalue weighted by molar-refractivity contribution is 1.34. The van der Waals surface area contributed by atoms with Crippen LogP contribution < -0.4 is 5.73 Å². The van der Waals surface area contributed by atoms with Gasteiger partial charge in [0.15, 0.2) is 0 Å². The van der Waals surface area contributed by atoms with Crippen molar-refractivity contribution in [1.82, 2.24) is 0 Å². The first-order chi connectivity index (χ1) is 8.70. The number of hydrogen-bond donors (Lipinski definition) is 1. The van der Waals surface area contributed by atoms with Crippen LogP contribution in [0.2, 0.25) is 0 Å². The minimum atomic E-state index is 0.693. The fourth-order valence-corrected chi connectivity index (χ4v) is 2.62. The molecule has 0 unspecified atom stereocenters. The number of anilines is 1. The average molecular weight is 254 g/mol. The van der Waals surface area contributed by atoms with E-state index >= 15 is 0 Å². The van der Waals surface area contributed by atoms with E-state index in [0.717, 1.165) is 21.9 Å².